The second-order valence-corrected chi connectivity index (χ2v) is 7.19. The Hall–Kier alpha value is -1.47. The van der Waals surface area contributed by atoms with E-state index in [1.807, 2.05) is 23.6 Å². The standard InChI is InChI=1S/C16H11Cl2FN2OS2/c17-11-4-2-1-3-10(11)9-22-14-8-13(19)15(7-12(14)18)24-21-16-20-5-6-23-16/h1-8H,9H2,(H,20,21). The van der Waals surface area contributed by atoms with Crippen molar-refractivity contribution in [1.29, 1.82) is 0 Å². The highest BCUT2D eigenvalue weighted by atomic mass is 35.5. The molecule has 0 spiro atoms. The van der Waals surface area contributed by atoms with E-state index >= 15 is 0 Å². The minimum Gasteiger partial charge on any atom is -0.487 e. The fourth-order valence-electron chi connectivity index (χ4n) is 1.84. The fraction of sp³-hybridized carbons (Fsp3) is 0.0625. The van der Waals surface area contributed by atoms with Gasteiger partial charge in [0.25, 0.3) is 0 Å². The molecule has 24 heavy (non-hydrogen) atoms. The van der Waals surface area contributed by atoms with E-state index in [0.717, 1.165) is 17.5 Å². The van der Waals surface area contributed by atoms with Gasteiger partial charge in [-0.15, -0.1) is 11.3 Å². The Bertz CT molecular complexity index is 831. The summed E-state index contributed by atoms with van der Waals surface area (Å²) in [6.07, 6.45) is 1.67. The monoisotopic (exact) mass is 400 g/mol. The number of thiazole rings is 1. The van der Waals surface area contributed by atoms with Crippen molar-refractivity contribution in [3.8, 4) is 5.75 Å². The van der Waals surface area contributed by atoms with Crippen LogP contribution in [0.25, 0.3) is 0 Å². The largest absolute Gasteiger partial charge is 0.487 e. The predicted molar refractivity (Wildman–Crippen MR) is 98.8 cm³/mol. The van der Waals surface area contributed by atoms with E-state index in [0.29, 0.717) is 20.1 Å². The van der Waals surface area contributed by atoms with Crippen LogP contribution in [-0.4, -0.2) is 4.98 Å². The van der Waals surface area contributed by atoms with Crippen molar-refractivity contribution in [1.82, 2.24) is 4.98 Å². The maximum atomic E-state index is 14.2. The lowest BCUT2D eigenvalue weighted by atomic mass is 10.2. The summed E-state index contributed by atoms with van der Waals surface area (Å²) >= 11 is 14.8. The molecule has 0 saturated carbocycles. The first-order chi connectivity index (χ1) is 11.6. The Morgan fingerprint density at radius 3 is 2.79 bits per heavy atom. The topological polar surface area (TPSA) is 34.1 Å². The van der Waals surface area contributed by atoms with Crippen LogP contribution >= 0.6 is 46.5 Å². The number of ether oxygens (including phenoxy) is 1. The molecule has 0 saturated heterocycles. The molecule has 3 nitrogen and oxygen atoms in total. The number of nitrogens with one attached hydrogen (secondary N) is 1. The fourth-order valence-corrected chi connectivity index (χ4v) is 3.59. The van der Waals surface area contributed by atoms with Gasteiger partial charge in [-0.2, -0.15) is 0 Å². The van der Waals surface area contributed by atoms with E-state index in [1.54, 1.807) is 12.3 Å². The minimum absolute atomic E-state index is 0.211. The van der Waals surface area contributed by atoms with Gasteiger partial charge < -0.3 is 9.46 Å². The SMILES string of the molecule is Fc1cc(OCc2ccccc2Cl)c(Cl)cc1SNc1nccs1. The highest BCUT2D eigenvalue weighted by Crippen LogP contribution is 2.34. The van der Waals surface area contributed by atoms with Crippen molar-refractivity contribution in [3.63, 3.8) is 0 Å². The third kappa shape index (κ3) is 4.33. The van der Waals surface area contributed by atoms with Crippen LogP contribution in [0.15, 0.2) is 52.9 Å². The van der Waals surface area contributed by atoms with Crippen molar-refractivity contribution >= 4 is 51.6 Å². The summed E-state index contributed by atoms with van der Waals surface area (Å²) in [6, 6.07) is 10.1. The summed E-state index contributed by atoms with van der Waals surface area (Å²) in [5.41, 5.74) is 0.805. The normalized spacial score (nSPS) is 10.6. The van der Waals surface area contributed by atoms with Gasteiger partial charge in [0.1, 0.15) is 18.2 Å². The van der Waals surface area contributed by atoms with Crippen molar-refractivity contribution in [3.05, 3.63) is 69.4 Å². The number of halogens is 3. The molecule has 1 heterocycles. The summed E-state index contributed by atoms with van der Waals surface area (Å²) in [7, 11) is 0. The van der Waals surface area contributed by atoms with Crippen molar-refractivity contribution in [2.24, 2.45) is 0 Å². The lowest BCUT2D eigenvalue weighted by Crippen LogP contribution is -1.98. The molecule has 124 valence electrons. The molecule has 0 radical (unpaired) electrons. The number of anilines is 1. The van der Waals surface area contributed by atoms with Crippen LogP contribution in [0.4, 0.5) is 9.52 Å². The average Bonchev–Trinajstić information content (AvgIpc) is 3.09. The van der Waals surface area contributed by atoms with E-state index in [4.69, 9.17) is 27.9 Å². The van der Waals surface area contributed by atoms with Crippen LogP contribution < -0.4 is 9.46 Å². The molecule has 0 bridgehead atoms. The summed E-state index contributed by atoms with van der Waals surface area (Å²) in [5, 5.41) is 3.44. The van der Waals surface area contributed by atoms with E-state index in [2.05, 4.69) is 9.71 Å². The molecular formula is C16H11Cl2FN2OS2. The van der Waals surface area contributed by atoms with Crippen LogP contribution in [0.1, 0.15) is 5.56 Å². The smallest absolute Gasteiger partial charge is 0.192 e. The van der Waals surface area contributed by atoms with Crippen LogP contribution in [-0.2, 0) is 6.61 Å². The zero-order valence-corrected chi connectivity index (χ0v) is 15.3. The van der Waals surface area contributed by atoms with Gasteiger partial charge in [0.2, 0.25) is 0 Å². The zero-order valence-electron chi connectivity index (χ0n) is 12.1. The summed E-state index contributed by atoms with van der Waals surface area (Å²) in [5.74, 6) is -0.157. The second-order valence-electron chi connectivity index (χ2n) is 4.63. The quantitative estimate of drug-likeness (QED) is 0.493. The lowest BCUT2D eigenvalue weighted by Gasteiger charge is -2.11. The average molecular weight is 401 g/mol. The third-order valence-corrected chi connectivity index (χ3v) is 5.32. The number of rotatable bonds is 6. The molecule has 1 aromatic heterocycles. The number of hydrogen-bond donors (Lipinski definition) is 1. The summed E-state index contributed by atoms with van der Waals surface area (Å²) in [6.45, 7) is 0.211. The number of benzene rings is 2. The van der Waals surface area contributed by atoms with Crippen molar-refractivity contribution in [2.75, 3.05) is 4.72 Å². The first-order valence-corrected chi connectivity index (χ1v) is 9.26. The Kier molecular flexibility index (Phi) is 5.84. The van der Waals surface area contributed by atoms with Gasteiger partial charge in [0.15, 0.2) is 5.13 Å². The van der Waals surface area contributed by atoms with Gasteiger partial charge in [0, 0.05) is 28.2 Å². The second kappa shape index (κ2) is 8.07. The number of hydrogen-bond acceptors (Lipinski definition) is 5. The molecule has 0 fully saturated rings. The molecule has 0 aliphatic heterocycles. The molecule has 3 aromatic rings. The first kappa shape index (κ1) is 17.4. The lowest BCUT2D eigenvalue weighted by molar-refractivity contribution is 0.304. The Balaban J connectivity index is 1.69. The third-order valence-electron chi connectivity index (χ3n) is 3.01. The van der Waals surface area contributed by atoms with Gasteiger partial charge in [-0.1, -0.05) is 41.4 Å². The molecule has 3 rings (SSSR count). The number of aromatic nitrogens is 1. The van der Waals surface area contributed by atoms with Gasteiger partial charge in [-0.3, -0.25) is 0 Å². The van der Waals surface area contributed by atoms with Crippen LogP contribution in [0.3, 0.4) is 0 Å². The molecule has 0 atom stereocenters. The number of nitrogens with zero attached hydrogens (tertiary/aromatic N) is 1. The Morgan fingerprint density at radius 1 is 1.21 bits per heavy atom. The zero-order chi connectivity index (χ0) is 16.9. The molecule has 0 aliphatic rings. The van der Waals surface area contributed by atoms with Gasteiger partial charge >= 0.3 is 0 Å². The summed E-state index contributed by atoms with van der Waals surface area (Å²) in [4.78, 5) is 4.43. The summed E-state index contributed by atoms with van der Waals surface area (Å²) < 4.78 is 22.8. The van der Waals surface area contributed by atoms with Crippen LogP contribution in [0, 0.1) is 5.82 Å². The first-order valence-electron chi connectivity index (χ1n) is 6.81. The van der Waals surface area contributed by atoms with E-state index < -0.39 is 5.82 Å². The molecule has 0 unspecified atom stereocenters. The van der Waals surface area contributed by atoms with Crippen molar-refractivity contribution < 1.29 is 9.13 Å². The Morgan fingerprint density at radius 2 is 2.04 bits per heavy atom. The Labute approximate surface area is 156 Å². The van der Waals surface area contributed by atoms with E-state index in [1.165, 1.54) is 23.5 Å². The van der Waals surface area contributed by atoms with Gasteiger partial charge in [0.05, 0.1) is 9.92 Å². The minimum atomic E-state index is -0.428. The van der Waals surface area contributed by atoms with Crippen molar-refractivity contribution in [2.45, 2.75) is 11.5 Å². The highest BCUT2D eigenvalue weighted by molar-refractivity contribution is 8.00. The maximum absolute atomic E-state index is 14.2. The maximum Gasteiger partial charge on any atom is 0.192 e. The van der Waals surface area contributed by atoms with Crippen LogP contribution in [0.2, 0.25) is 10.0 Å². The van der Waals surface area contributed by atoms with Gasteiger partial charge in [-0.05, 0) is 24.1 Å². The molecule has 8 heteroatoms. The molecule has 1 N–H and O–H groups in total. The molecule has 2 aromatic carbocycles. The molecule has 0 aliphatic carbocycles. The molecular weight excluding hydrogens is 390 g/mol. The van der Waals surface area contributed by atoms with Crippen LogP contribution in [0.5, 0.6) is 5.75 Å². The predicted octanol–water partition coefficient (Wildman–Crippen LogP) is 6.29. The van der Waals surface area contributed by atoms with E-state index in [9.17, 15) is 4.39 Å². The van der Waals surface area contributed by atoms with E-state index in [-0.39, 0.29) is 12.4 Å². The van der Waals surface area contributed by atoms with Gasteiger partial charge in [-0.25, -0.2) is 9.37 Å². The highest BCUT2D eigenvalue weighted by Gasteiger charge is 2.12. The molecule has 0 amide bonds.